The van der Waals surface area contributed by atoms with Crippen molar-refractivity contribution in [1.82, 2.24) is 5.32 Å². The Kier molecular flexibility index (Phi) is 8.04. The fraction of sp³-hybridized carbons (Fsp3) is 0.650. The van der Waals surface area contributed by atoms with E-state index >= 15 is 0 Å². The first kappa shape index (κ1) is 21.9. The van der Waals surface area contributed by atoms with Crippen molar-refractivity contribution in [3.8, 4) is 0 Å². The Morgan fingerprint density at radius 2 is 2.11 bits per heavy atom. The molecule has 0 radical (unpaired) electrons. The zero-order chi connectivity index (χ0) is 20.7. The van der Waals surface area contributed by atoms with Crippen LogP contribution in [0.2, 0.25) is 0 Å². The van der Waals surface area contributed by atoms with Gasteiger partial charge < -0.3 is 21.3 Å². The fourth-order valence-electron chi connectivity index (χ4n) is 3.74. The molecule has 1 aliphatic carbocycles. The lowest BCUT2D eigenvalue weighted by Crippen LogP contribution is -2.48. The van der Waals surface area contributed by atoms with Crippen LogP contribution in [-0.2, 0) is 14.3 Å². The van der Waals surface area contributed by atoms with Crippen molar-refractivity contribution in [3.05, 3.63) is 23.3 Å². The smallest absolute Gasteiger partial charge is 0.324 e. The topological polar surface area (TPSA) is 140 Å². The maximum absolute atomic E-state index is 12.5. The molecule has 0 spiro atoms. The number of rotatable bonds is 7. The molecule has 0 aromatic rings. The van der Waals surface area contributed by atoms with E-state index in [1.165, 1.54) is 11.1 Å². The van der Waals surface area contributed by atoms with Crippen LogP contribution >= 0.6 is 0 Å². The van der Waals surface area contributed by atoms with Gasteiger partial charge in [0.2, 0.25) is 0 Å². The normalized spacial score (nSPS) is 30.1. The third kappa shape index (κ3) is 6.37. The Labute approximate surface area is 166 Å². The average Bonchev–Trinajstić information content (AvgIpc) is 2.89. The molecule has 0 aromatic carbocycles. The SMILES string of the molecule is C/C1=C\[C@H]2OC(=O)[C@@H](N[C@H](CCCN=C(N)N)C(=O)O)[C@@H]2CC/C(C)=C/CC1. The minimum Gasteiger partial charge on any atom is -0.480 e. The number of nitrogens with one attached hydrogen (secondary N) is 1. The number of aliphatic carboxylic acids is 1. The van der Waals surface area contributed by atoms with Crippen LogP contribution < -0.4 is 16.8 Å². The van der Waals surface area contributed by atoms with E-state index in [1.807, 2.05) is 13.0 Å². The molecule has 156 valence electrons. The highest BCUT2D eigenvalue weighted by Crippen LogP contribution is 2.32. The van der Waals surface area contributed by atoms with E-state index in [-0.39, 0.29) is 24.0 Å². The van der Waals surface area contributed by atoms with Gasteiger partial charge in [-0.15, -0.1) is 0 Å². The largest absolute Gasteiger partial charge is 0.480 e. The summed E-state index contributed by atoms with van der Waals surface area (Å²) in [5.41, 5.74) is 13.1. The van der Waals surface area contributed by atoms with Crippen molar-refractivity contribution in [1.29, 1.82) is 0 Å². The molecule has 0 bridgehead atoms. The number of ether oxygens (including phenoxy) is 1. The Morgan fingerprint density at radius 3 is 2.79 bits per heavy atom. The molecule has 8 heteroatoms. The van der Waals surface area contributed by atoms with E-state index in [0.29, 0.717) is 19.4 Å². The lowest BCUT2D eigenvalue weighted by Gasteiger charge is -2.24. The summed E-state index contributed by atoms with van der Waals surface area (Å²) in [6.07, 6.45) is 8.31. The number of esters is 1. The molecule has 0 aromatic heterocycles. The highest BCUT2D eigenvalue weighted by Gasteiger charge is 2.44. The van der Waals surface area contributed by atoms with Gasteiger partial charge in [0.05, 0.1) is 0 Å². The Hall–Kier alpha value is -2.35. The second kappa shape index (κ2) is 10.3. The van der Waals surface area contributed by atoms with E-state index in [2.05, 4.69) is 23.3 Å². The molecule has 0 unspecified atom stereocenters. The summed E-state index contributed by atoms with van der Waals surface area (Å²) < 4.78 is 5.61. The lowest BCUT2D eigenvalue weighted by molar-refractivity contribution is -0.143. The second-order valence-corrected chi connectivity index (χ2v) is 7.69. The van der Waals surface area contributed by atoms with Crippen molar-refractivity contribution in [2.24, 2.45) is 22.4 Å². The van der Waals surface area contributed by atoms with E-state index in [0.717, 1.165) is 25.7 Å². The second-order valence-electron chi connectivity index (χ2n) is 7.69. The molecule has 28 heavy (non-hydrogen) atoms. The van der Waals surface area contributed by atoms with Crippen LogP contribution in [0.1, 0.15) is 52.4 Å². The van der Waals surface area contributed by atoms with Gasteiger partial charge in [0, 0.05) is 12.5 Å². The highest BCUT2D eigenvalue weighted by molar-refractivity contribution is 5.81. The molecule has 1 aliphatic heterocycles. The number of nitrogens with zero attached hydrogens (tertiary/aromatic N) is 1. The van der Waals surface area contributed by atoms with Crippen LogP contribution in [0.5, 0.6) is 0 Å². The van der Waals surface area contributed by atoms with Gasteiger partial charge in [-0.2, -0.15) is 0 Å². The number of fused-ring (bicyclic) bond motifs is 1. The van der Waals surface area contributed by atoms with Gasteiger partial charge in [0.15, 0.2) is 5.96 Å². The number of carboxylic acid groups (broad SMARTS) is 1. The summed E-state index contributed by atoms with van der Waals surface area (Å²) in [6.45, 7) is 4.49. The molecule has 1 fully saturated rings. The molecule has 1 heterocycles. The highest BCUT2D eigenvalue weighted by atomic mass is 16.6. The van der Waals surface area contributed by atoms with E-state index in [4.69, 9.17) is 16.2 Å². The van der Waals surface area contributed by atoms with Crippen molar-refractivity contribution in [2.45, 2.75) is 70.6 Å². The van der Waals surface area contributed by atoms with Gasteiger partial charge in [0.25, 0.3) is 0 Å². The van der Waals surface area contributed by atoms with Gasteiger partial charge in [-0.05, 0) is 58.4 Å². The molecule has 0 amide bonds. The summed E-state index contributed by atoms with van der Waals surface area (Å²) in [6, 6.07) is -1.49. The Balaban J connectivity index is 2.10. The van der Waals surface area contributed by atoms with E-state index in [1.54, 1.807) is 0 Å². The number of hydrogen-bond donors (Lipinski definition) is 4. The number of carbonyl (C=O) groups is 2. The maximum Gasteiger partial charge on any atom is 0.324 e. The molecule has 0 saturated carbocycles. The summed E-state index contributed by atoms with van der Waals surface area (Å²) in [5.74, 6) is -1.49. The Morgan fingerprint density at radius 1 is 1.36 bits per heavy atom. The van der Waals surface area contributed by atoms with Crippen molar-refractivity contribution < 1.29 is 19.4 Å². The van der Waals surface area contributed by atoms with Crippen LogP contribution in [0.4, 0.5) is 0 Å². The average molecular weight is 393 g/mol. The van der Waals surface area contributed by atoms with Crippen LogP contribution in [0, 0.1) is 5.92 Å². The molecule has 2 aliphatic rings. The number of carboxylic acids is 1. The van der Waals surface area contributed by atoms with Gasteiger partial charge >= 0.3 is 11.9 Å². The van der Waals surface area contributed by atoms with Crippen LogP contribution in [-0.4, -0.2) is 47.7 Å². The number of guanidine groups is 1. The first-order chi connectivity index (χ1) is 13.3. The van der Waals surface area contributed by atoms with Crippen molar-refractivity contribution >= 4 is 17.9 Å². The Bertz CT molecular complexity index is 667. The monoisotopic (exact) mass is 392 g/mol. The third-order valence-corrected chi connectivity index (χ3v) is 5.33. The minimum atomic E-state index is -0.997. The zero-order valence-corrected chi connectivity index (χ0v) is 16.7. The number of carbonyl (C=O) groups excluding carboxylic acids is 1. The predicted octanol–water partition coefficient (Wildman–Crippen LogP) is 1.46. The fourth-order valence-corrected chi connectivity index (χ4v) is 3.74. The van der Waals surface area contributed by atoms with E-state index in [9.17, 15) is 14.7 Å². The molecule has 2 rings (SSSR count). The number of nitrogens with two attached hydrogens (primary N) is 2. The number of allylic oxidation sites excluding steroid dienone is 3. The first-order valence-corrected chi connectivity index (χ1v) is 9.85. The van der Waals surface area contributed by atoms with Crippen molar-refractivity contribution in [3.63, 3.8) is 0 Å². The van der Waals surface area contributed by atoms with Crippen molar-refractivity contribution in [2.75, 3.05) is 6.54 Å². The molecule has 8 nitrogen and oxygen atoms in total. The predicted molar refractivity (Wildman–Crippen MR) is 108 cm³/mol. The molecule has 1 saturated heterocycles. The summed E-state index contributed by atoms with van der Waals surface area (Å²) >= 11 is 0. The molecular formula is C20H32N4O4. The first-order valence-electron chi connectivity index (χ1n) is 9.85. The van der Waals surface area contributed by atoms with Crippen LogP contribution in [0.3, 0.4) is 0 Å². The van der Waals surface area contributed by atoms with Gasteiger partial charge in [-0.1, -0.05) is 17.2 Å². The minimum absolute atomic E-state index is 0.0193. The maximum atomic E-state index is 12.5. The third-order valence-electron chi connectivity index (χ3n) is 5.33. The number of hydrogen-bond acceptors (Lipinski definition) is 5. The molecular weight excluding hydrogens is 360 g/mol. The van der Waals surface area contributed by atoms with Crippen LogP contribution in [0.25, 0.3) is 0 Å². The van der Waals surface area contributed by atoms with E-state index < -0.39 is 18.1 Å². The zero-order valence-electron chi connectivity index (χ0n) is 16.7. The summed E-state index contributed by atoms with van der Waals surface area (Å²) in [5, 5.41) is 12.6. The van der Waals surface area contributed by atoms with Gasteiger partial charge in [-0.3, -0.25) is 19.9 Å². The standard InChI is InChI=1S/C20H32N4O4/c1-12-5-3-6-13(2)11-16-14(9-8-12)17(19(27)28-16)24-15(18(25)26)7-4-10-23-20(21)22/h5,11,14-17,24H,3-4,6-10H2,1-2H3,(H,25,26)(H4,21,22,23)/b12-5+,13-11+/t14-,15-,16-,17+/m1/s1. The lowest BCUT2D eigenvalue weighted by atomic mass is 9.87. The molecule has 4 atom stereocenters. The quantitative estimate of drug-likeness (QED) is 0.169. The van der Waals surface area contributed by atoms with Gasteiger partial charge in [-0.25, -0.2) is 0 Å². The van der Waals surface area contributed by atoms with Crippen LogP contribution in [0.15, 0.2) is 28.3 Å². The van der Waals surface area contributed by atoms with Gasteiger partial charge in [0.1, 0.15) is 18.2 Å². The molecule has 6 N–H and O–H groups in total. The summed E-state index contributed by atoms with van der Waals surface area (Å²) in [7, 11) is 0. The number of aliphatic imine (C=N–C) groups is 1. The summed E-state index contributed by atoms with van der Waals surface area (Å²) in [4.78, 5) is 28.1.